The van der Waals surface area contributed by atoms with Crippen LogP contribution in [0.25, 0.3) is 11.3 Å². The number of rotatable bonds is 4. The predicted octanol–water partition coefficient (Wildman–Crippen LogP) is 2.41. The van der Waals surface area contributed by atoms with Crippen LogP contribution in [0.15, 0.2) is 30.3 Å². The third-order valence-corrected chi connectivity index (χ3v) is 4.27. The molecule has 22 heavy (non-hydrogen) atoms. The molecule has 1 aliphatic heterocycles. The van der Waals surface area contributed by atoms with Crippen molar-refractivity contribution in [1.29, 1.82) is 0 Å². The summed E-state index contributed by atoms with van der Waals surface area (Å²) in [7, 11) is 1.94. The Morgan fingerprint density at radius 3 is 2.95 bits per heavy atom. The van der Waals surface area contributed by atoms with Crippen LogP contribution in [0, 0.1) is 5.92 Å². The number of benzene rings is 1. The van der Waals surface area contributed by atoms with E-state index in [0.717, 1.165) is 37.3 Å². The highest BCUT2D eigenvalue weighted by Crippen LogP contribution is 2.22. The van der Waals surface area contributed by atoms with Gasteiger partial charge in [0.15, 0.2) is 0 Å². The van der Waals surface area contributed by atoms with E-state index in [2.05, 4.69) is 15.5 Å². The zero-order valence-electron chi connectivity index (χ0n) is 12.5. The molecule has 1 saturated heterocycles. The van der Waals surface area contributed by atoms with E-state index < -0.39 is 0 Å². The number of carbonyl (C=O) groups excluding carboxylic acids is 1. The molecule has 1 fully saturated rings. The van der Waals surface area contributed by atoms with Gasteiger partial charge in [0.1, 0.15) is 5.69 Å². The molecule has 1 atom stereocenters. The van der Waals surface area contributed by atoms with E-state index in [0.29, 0.717) is 16.6 Å². The molecular weight excluding hydrogens is 300 g/mol. The first-order valence-electron chi connectivity index (χ1n) is 7.42. The predicted molar refractivity (Wildman–Crippen MR) is 87.0 cm³/mol. The molecule has 2 heterocycles. The van der Waals surface area contributed by atoms with Gasteiger partial charge in [-0.15, -0.1) is 0 Å². The molecule has 0 bridgehead atoms. The summed E-state index contributed by atoms with van der Waals surface area (Å²) in [5.41, 5.74) is 2.23. The average Bonchev–Trinajstić information content (AvgIpc) is 3.17. The van der Waals surface area contributed by atoms with Crippen LogP contribution >= 0.6 is 11.6 Å². The number of hydrogen-bond acceptors (Lipinski definition) is 3. The van der Waals surface area contributed by atoms with E-state index in [-0.39, 0.29) is 5.91 Å². The molecule has 0 aliphatic carbocycles. The van der Waals surface area contributed by atoms with Crippen molar-refractivity contribution in [3.05, 3.63) is 41.0 Å². The maximum atomic E-state index is 12.5. The summed E-state index contributed by atoms with van der Waals surface area (Å²) in [6, 6.07) is 9.22. The Balaban J connectivity index is 1.71. The van der Waals surface area contributed by atoms with Gasteiger partial charge in [-0.1, -0.05) is 23.7 Å². The number of H-pyrrole nitrogens is 1. The van der Waals surface area contributed by atoms with Crippen LogP contribution in [0.4, 0.5) is 0 Å². The van der Waals surface area contributed by atoms with Crippen LogP contribution in [0.5, 0.6) is 0 Å². The molecular formula is C16H19ClN4O. The number of amides is 1. The molecule has 1 amide bonds. The van der Waals surface area contributed by atoms with Gasteiger partial charge in [0.25, 0.3) is 5.91 Å². The summed E-state index contributed by atoms with van der Waals surface area (Å²) in [6.07, 6.45) is 1.05. The van der Waals surface area contributed by atoms with Gasteiger partial charge in [0.05, 0.1) is 5.69 Å². The average molecular weight is 319 g/mol. The largest absolute Gasteiger partial charge is 0.337 e. The number of likely N-dealkylation sites (tertiary alicyclic amines) is 1. The van der Waals surface area contributed by atoms with E-state index in [9.17, 15) is 4.79 Å². The van der Waals surface area contributed by atoms with E-state index in [4.69, 9.17) is 11.6 Å². The van der Waals surface area contributed by atoms with Crippen LogP contribution in [0.3, 0.4) is 0 Å². The SMILES string of the molecule is CNCC1CCN(C(=O)c2cc(-c3ccc(Cl)cc3)n[nH]2)C1. The molecule has 0 radical (unpaired) electrons. The zero-order valence-corrected chi connectivity index (χ0v) is 13.2. The normalized spacial score (nSPS) is 17.9. The number of carbonyl (C=O) groups is 1. The fourth-order valence-electron chi connectivity index (χ4n) is 2.84. The van der Waals surface area contributed by atoms with Crippen molar-refractivity contribution in [3.8, 4) is 11.3 Å². The quantitative estimate of drug-likeness (QED) is 0.910. The Morgan fingerprint density at radius 2 is 2.23 bits per heavy atom. The molecule has 116 valence electrons. The van der Waals surface area contributed by atoms with Gasteiger partial charge in [-0.3, -0.25) is 9.89 Å². The van der Waals surface area contributed by atoms with Crippen LogP contribution < -0.4 is 5.32 Å². The topological polar surface area (TPSA) is 61.0 Å². The molecule has 0 saturated carbocycles. The lowest BCUT2D eigenvalue weighted by Gasteiger charge is -2.15. The Hall–Kier alpha value is -1.85. The number of nitrogens with one attached hydrogen (secondary N) is 2. The second kappa shape index (κ2) is 6.50. The number of hydrogen-bond donors (Lipinski definition) is 2. The van der Waals surface area contributed by atoms with Gasteiger partial charge in [0, 0.05) is 23.7 Å². The third kappa shape index (κ3) is 3.15. The van der Waals surface area contributed by atoms with Crippen molar-refractivity contribution in [1.82, 2.24) is 20.4 Å². The lowest BCUT2D eigenvalue weighted by atomic mass is 10.1. The first-order valence-corrected chi connectivity index (χ1v) is 7.80. The number of nitrogens with zero attached hydrogens (tertiary/aromatic N) is 2. The maximum Gasteiger partial charge on any atom is 0.271 e. The molecule has 1 aromatic carbocycles. The van der Waals surface area contributed by atoms with Gasteiger partial charge >= 0.3 is 0 Å². The highest BCUT2D eigenvalue weighted by molar-refractivity contribution is 6.30. The number of aromatic nitrogens is 2. The first-order chi connectivity index (χ1) is 10.7. The minimum absolute atomic E-state index is 0.0197. The summed E-state index contributed by atoms with van der Waals surface area (Å²) >= 11 is 5.89. The zero-order chi connectivity index (χ0) is 15.5. The minimum atomic E-state index is 0.0197. The van der Waals surface area contributed by atoms with Crippen molar-refractivity contribution in [2.75, 3.05) is 26.7 Å². The summed E-state index contributed by atoms with van der Waals surface area (Å²) in [5, 5.41) is 10.9. The maximum absolute atomic E-state index is 12.5. The Bertz CT molecular complexity index is 652. The standard InChI is InChI=1S/C16H19ClN4O/c1-18-9-11-6-7-21(10-11)16(22)15-8-14(19-20-15)12-2-4-13(17)5-3-12/h2-5,8,11,18H,6-7,9-10H2,1H3,(H,19,20). The second-order valence-electron chi connectivity index (χ2n) is 5.64. The van der Waals surface area contributed by atoms with E-state index in [1.165, 1.54) is 0 Å². The first kappa shape index (κ1) is 15.1. The fraction of sp³-hybridized carbons (Fsp3) is 0.375. The van der Waals surface area contributed by atoms with Crippen molar-refractivity contribution in [3.63, 3.8) is 0 Å². The van der Waals surface area contributed by atoms with Crippen molar-refractivity contribution in [2.24, 2.45) is 5.92 Å². The highest BCUT2D eigenvalue weighted by atomic mass is 35.5. The molecule has 1 aliphatic rings. The molecule has 2 aromatic rings. The lowest BCUT2D eigenvalue weighted by Crippen LogP contribution is -2.30. The molecule has 0 spiro atoms. The molecule has 5 nitrogen and oxygen atoms in total. The van der Waals surface area contributed by atoms with Crippen LogP contribution in [-0.4, -0.2) is 47.7 Å². The van der Waals surface area contributed by atoms with Gasteiger partial charge in [-0.05, 0) is 44.1 Å². The third-order valence-electron chi connectivity index (χ3n) is 4.01. The highest BCUT2D eigenvalue weighted by Gasteiger charge is 2.27. The molecule has 2 N–H and O–H groups in total. The Labute approximate surface area is 134 Å². The Kier molecular flexibility index (Phi) is 4.45. The number of halogens is 1. The van der Waals surface area contributed by atoms with Crippen molar-refractivity contribution in [2.45, 2.75) is 6.42 Å². The van der Waals surface area contributed by atoms with Crippen molar-refractivity contribution >= 4 is 17.5 Å². The second-order valence-corrected chi connectivity index (χ2v) is 6.07. The summed E-state index contributed by atoms with van der Waals surface area (Å²) in [4.78, 5) is 14.4. The molecule has 3 rings (SSSR count). The van der Waals surface area contributed by atoms with Gasteiger partial charge in [0.2, 0.25) is 0 Å². The Morgan fingerprint density at radius 1 is 1.45 bits per heavy atom. The van der Waals surface area contributed by atoms with Gasteiger partial charge < -0.3 is 10.2 Å². The monoisotopic (exact) mass is 318 g/mol. The number of aromatic amines is 1. The molecule has 6 heteroatoms. The summed E-state index contributed by atoms with van der Waals surface area (Å²) < 4.78 is 0. The lowest BCUT2D eigenvalue weighted by molar-refractivity contribution is 0.0781. The van der Waals surface area contributed by atoms with Gasteiger partial charge in [-0.2, -0.15) is 5.10 Å². The minimum Gasteiger partial charge on any atom is -0.337 e. The fourth-order valence-corrected chi connectivity index (χ4v) is 2.97. The van der Waals surface area contributed by atoms with E-state index in [1.807, 2.05) is 36.2 Å². The van der Waals surface area contributed by atoms with E-state index in [1.54, 1.807) is 6.07 Å². The van der Waals surface area contributed by atoms with E-state index >= 15 is 0 Å². The molecule has 1 unspecified atom stereocenters. The molecule has 1 aromatic heterocycles. The van der Waals surface area contributed by atoms with Crippen LogP contribution in [0.1, 0.15) is 16.9 Å². The van der Waals surface area contributed by atoms with Gasteiger partial charge in [-0.25, -0.2) is 0 Å². The van der Waals surface area contributed by atoms with Crippen LogP contribution in [0.2, 0.25) is 5.02 Å². The summed E-state index contributed by atoms with van der Waals surface area (Å²) in [6.45, 7) is 2.55. The summed E-state index contributed by atoms with van der Waals surface area (Å²) in [5.74, 6) is 0.555. The van der Waals surface area contributed by atoms with Crippen LogP contribution in [-0.2, 0) is 0 Å². The smallest absolute Gasteiger partial charge is 0.271 e. The van der Waals surface area contributed by atoms with Crippen molar-refractivity contribution < 1.29 is 4.79 Å².